The van der Waals surface area contributed by atoms with Crippen LogP contribution >= 0.6 is 24.8 Å². The van der Waals surface area contributed by atoms with Crippen molar-refractivity contribution < 1.29 is 9.53 Å². The van der Waals surface area contributed by atoms with E-state index >= 15 is 0 Å². The zero-order valence-corrected chi connectivity index (χ0v) is 11.9. The second-order valence-corrected chi connectivity index (χ2v) is 3.72. The van der Waals surface area contributed by atoms with Gasteiger partial charge in [-0.2, -0.15) is 0 Å². The van der Waals surface area contributed by atoms with E-state index in [1.807, 2.05) is 0 Å². The first-order chi connectivity index (χ1) is 7.33. The summed E-state index contributed by atoms with van der Waals surface area (Å²) >= 11 is 0. The molecule has 2 N–H and O–H groups in total. The Labute approximate surface area is 115 Å². The van der Waals surface area contributed by atoms with E-state index in [1.54, 1.807) is 7.11 Å². The van der Waals surface area contributed by atoms with Crippen molar-refractivity contribution >= 4 is 30.7 Å². The van der Waals surface area contributed by atoms with Crippen LogP contribution in [0.5, 0.6) is 0 Å². The summed E-state index contributed by atoms with van der Waals surface area (Å²) in [5.74, 6) is 0.119. The summed E-state index contributed by atoms with van der Waals surface area (Å²) in [4.78, 5) is 13.6. The Bertz CT molecular complexity index is 190. The van der Waals surface area contributed by atoms with E-state index in [-0.39, 0.29) is 30.7 Å². The molecule has 104 valence electrons. The maximum Gasteiger partial charge on any atom is 0.234 e. The summed E-state index contributed by atoms with van der Waals surface area (Å²) in [7, 11) is 1.67. The van der Waals surface area contributed by atoms with Crippen LogP contribution < -0.4 is 10.6 Å². The van der Waals surface area contributed by atoms with E-state index in [1.165, 1.54) is 0 Å². The molecule has 1 amide bonds. The van der Waals surface area contributed by atoms with Gasteiger partial charge in [0.15, 0.2) is 0 Å². The molecule has 1 aliphatic rings. The van der Waals surface area contributed by atoms with Crippen molar-refractivity contribution in [2.24, 2.45) is 0 Å². The summed E-state index contributed by atoms with van der Waals surface area (Å²) in [5.41, 5.74) is 0. The molecule has 0 saturated carbocycles. The van der Waals surface area contributed by atoms with Gasteiger partial charge in [-0.1, -0.05) is 0 Å². The van der Waals surface area contributed by atoms with Gasteiger partial charge < -0.3 is 15.4 Å². The quantitative estimate of drug-likeness (QED) is 0.670. The van der Waals surface area contributed by atoms with E-state index in [4.69, 9.17) is 4.74 Å². The number of hydrogen-bond acceptors (Lipinski definition) is 4. The van der Waals surface area contributed by atoms with Crippen LogP contribution in [-0.4, -0.2) is 63.8 Å². The monoisotopic (exact) mass is 287 g/mol. The number of nitrogens with zero attached hydrogens (tertiary/aromatic N) is 1. The fourth-order valence-corrected chi connectivity index (χ4v) is 1.57. The Hall–Kier alpha value is -0.0700. The molecule has 0 aromatic heterocycles. The molecule has 1 aliphatic heterocycles. The van der Waals surface area contributed by atoms with Crippen molar-refractivity contribution in [1.82, 2.24) is 15.5 Å². The van der Waals surface area contributed by atoms with Crippen molar-refractivity contribution in [1.29, 1.82) is 0 Å². The lowest BCUT2D eigenvalue weighted by molar-refractivity contribution is -0.122. The fraction of sp³-hybridized carbons (Fsp3) is 0.900. The summed E-state index contributed by atoms with van der Waals surface area (Å²) in [6.45, 7) is 5.83. The second-order valence-electron chi connectivity index (χ2n) is 3.72. The topological polar surface area (TPSA) is 53.6 Å². The third kappa shape index (κ3) is 9.62. The van der Waals surface area contributed by atoms with E-state index in [0.29, 0.717) is 19.7 Å². The molecule has 7 heteroatoms. The normalized spacial score (nSPS) is 15.6. The van der Waals surface area contributed by atoms with Crippen LogP contribution in [-0.2, 0) is 9.53 Å². The zero-order valence-electron chi connectivity index (χ0n) is 10.2. The van der Waals surface area contributed by atoms with Crippen LogP contribution in [0.4, 0.5) is 0 Å². The van der Waals surface area contributed by atoms with E-state index < -0.39 is 0 Å². The number of piperazine rings is 1. The molecule has 0 unspecified atom stereocenters. The van der Waals surface area contributed by atoms with E-state index in [9.17, 15) is 4.79 Å². The largest absolute Gasteiger partial charge is 0.385 e. The molecule has 0 aromatic carbocycles. The lowest BCUT2D eigenvalue weighted by atomic mass is 10.3. The Morgan fingerprint density at radius 3 is 2.59 bits per heavy atom. The highest BCUT2D eigenvalue weighted by atomic mass is 35.5. The van der Waals surface area contributed by atoms with Crippen molar-refractivity contribution in [2.75, 3.05) is 53.0 Å². The standard InChI is InChI=1S/C10H21N3O2.2ClH/c1-15-8-2-3-12-10(14)9-13-6-4-11-5-7-13;;/h11H,2-9H2,1H3,(H,12,14);2*1H. The predicted octanol–water partition coefficient (Wildman–Crippen LogP) is -0.112. The molecule has 0 bridgehead atoms. The molecule has 0 radical (unpaired) electrons. The lowest BCUT2D eigenvalue weighted by Gasteiger charge is -2.26. The van der Waals surface area contributed by atoms with Crippen LogP contribution in [0.25, 0.3) is 0 Å². The molecule has 1 saturated heterocycles. The summed E-state index contributed by atoms with van der Waals surface area (Å²) in [5, 5.41) is 6.14. The van der Waals surface area contributed by atoms with Crippen molar-refractivity contribution in [3.8, 4) is 0 Å². The number of hydrogen-bond donors (Lipinski definition) is 2. The van der Waals surface area contributed by atoms with Gasteiger partial charge in [-0.3, -0.25) is 9.69 Å². The van der Waals surface area contributed by atoms with Crippen molar-refractivity contribution in [3.05, 3.63) is 0 Å². The molecular weight excluding hydrogens is 265 g/mol. The van der Waals surface area contributed by atoms with Gasteiger partial charge in [0, 0.05) is 46.4 Å². The Morgan fingerprint density at radius 1 is 1.35 bits per heavy atom. The first-order valence-corrected chi connectivity index (χ1v) is 5.51. The number of halogens is 2. The van der Waals surface area contributed by atoms with Gasteiger partial charge in [0.25, 0.3) is 0 Å². The van der Waals surface area contributed by atoms with E-state index in [2.05, 4.69) is 15.5 Å². The molecule has 17 heavy (non-hydrogen) atoms. The molecular formula is C10H23Cl2N3O2. The lowest BCUT2D eigenvalue weighted by Crippen LogP contribution is -2.47. The van der Waals surface area contributed by atoms with Crippen LogP contribution in [0.2, 0.25) is 0 Å². The van der Waals surface area contributed by atoms with Crippen LogP contribution in [0.15, 0.2) is 0 Å². The molecule has 1 rings (SSSR count). The van der Waals surface area contributed by atoms with Crippen LogP contribution in [0.1, 0.15) is 6.42 Å². The maximum absolute atomic E-state index is 11.5. The molecule has 1 fully saturated rings. The van der Waals surface area contributed by atoms with Gasteiger partial charge in [-0.05, 0) is 6.42 Å². The Kier molecular flexibility index (Phi) is 14.0. The van der Waals surface area contributed by atoms with Gasteiger partial charge in [0.05, 0.1) is 6.54 Å². The highest BCUT2D eigenvalue weighted by Crippen LogP contribution is 1.90. The molecule has 1 heterocycles. The van der Waals surface area contributed by atoms with Crippen molar-refractivity contribution in [3.63, 3.8) is 0 Å². The molecule has 0 aliphatic carbocycles. The zero-order chi connectivity index (χ0) is 10.9. The van der Waals surface area contributed by atoms with Gasteiger partial charge in [-0.15, -0.1) is 24.8 Å². The first-order valence-electron chi connectivity index (χ1n) is 5.51. The highest BCUT2D eigenvalue weighted by Gasteiger charge is 2.12. The SMILES string of the molecule is COCCCNC(=O)CN1CCNCC1.Cl.Cl. The minimum atomic E-state index is 0. The number of carbonyl (C=O) groups excluding carboxylic acids is 1. The minimum Gasteiger partial charge on any atom is -0.385 e. The number of carbonyl (C=O) groups is 1. The smallest absolute Gasteiger partial charge is 0.234 e. The number of rotatable bonds is 6. The van der Waals surface area contributed by atoms with Crippen LogP contribution in [0.3, 0.4) is 0 Å². The van der Waals surface area contributed by atoms with Gasteiger partial charge in [0.2, 0.25) is 5.91 Å². The number of methoxy groups -OCH3 is 1. The summed E-state index contributed by atoms with van der Waals surface area (Å²) in [6, 6.07) is 0. The fourth-order valence-electron chi connectivity index (χ4n) is 1.57. The Balaban J connectivity index is 0. The number of nitrogens with one attached hydrogen (secondary N) is 2. The molecule has 0 atom stereocenters. The first kappa shape index (κ1) is 19.3. The van der Waals surface area contributed by atoms with E-state index in [0.717, 1.165) is 32.6 Å². The minimum absolute atomic E-state index is 0. The number of ether oxygens (including phenoxy) is 1. The second kappa shape index (κ2) is 12.4. The Morgan fingerprint density at radius 2 is 2.00 bits per heavy atom. The third-order valence-corrected chi connectivity index (χ3v) is 2.42. The molecule has 5 nitrogen and oxygen atoms in total. The third-order valence-electron chi connectivity index (χ3n) is 2.42. The van der Waals surface area contributed by atoms with Gasteiger partial charge in [-0.25, -0.2) is 0 Å². The van der Waals surface area contributed by atoms with Crippen molar-refractivity contribution in [2.45, 2.75) is 6.42 Å². The number of amides is 1. The highest BCUT2D eigenvalue weighted by molar-refractivity contribution is 5.85. The maximum atomic E-state index is 11.5. The predicted molar refractivity (Wildman–Crippen MR) is 73.3 cm³/mol. The molecule has 0 aromatic rings. The average Bonchev–Trinajstić information content (AvgIpc) is 2.26. The summed E-state index contributed by atoms with van der Waals surface area (Å²) in [6.07, 6.45) is 0.879. The van der Waals surface area contributed by atoms with Gasteiger partial charge in [0.1, 0.15) is 0 Å². The van der Waals surface area contributed by atoms with Crippen LogP contribution in [0, 0.1) is 0 Å². The van der Waals surface area contributed by atoms with Gasteiger partial charge >= 0.3 is 0 Å². The average molecular weight is 288 g/mol. The molecule has 0 spiro atoms. The summed E-state index contributed by atoms with van der Waals surface area (Å²) < 4.78 is 4.90.